The van der Waals surface area contributed by atoms with Crippen molar-refractivity contribution in [3.8, 4) is 0 Å². The minimum atomic E-state index is -0.910. The Balaban J connectivity index is 1.47. The number of carbonyl (C=O) groups excluding carboxylic acids is 4. The molecule has 4 amide bonds. The Bertz CT molecular complexity index is 957. The van der Waals surface area contributed by atoms with Crippen molar-refractivity contribution in [1.82, 2.24) is 25.3 Å². The predicted octanol–water partition coefficient (Wildman–Crippen LogP) is -0.420. The fourth-order valence-corrected chi connectivity index (χ4v) is 4.88. The molecule has 3 aliphatic heterocycles. The second-order valence-corrected chi connectivity index (χ2v) is 9.55. The zero-order valence-corrected chi connectivity index (χ0v) is 21.6. The summed E-state index contributed by atoms with van der Waals surface area (Å²) in [5.74, 6) is -0.974. The van der Waals surface area contributed by atoms with E-state index in [4.69, 9.17) is 14.2 Å². The van der Waals surface area contributed by atoms with Crippen molar-refractivity contribution >= 4 is 23.8 Å². The second-order valence-electron chi connectivity index (χ2n) is 9.55. The fourth-order valence-electron chi connectivity index (χ4n) is 4.88. The lowest BCUT2D eigenvalue weighted by atomic mass is 10.0. The molecule has 208 valence electrons. The van der Waals surface area contributed by atoms with E-state index in [1.807, 2.05) is 30.3 Å². The third kappa shape index (κ3) is 7.65. The predicted molar refractivity (Wildman–Crippen MR) is 136 cm³/mol. The van der Waals surface area contributed by atoms with Crippen LogP contribution in [0.3, 0.4) is 0 Å². The average molecular weight is 532 g/mol. The normalized spacial score (nSPS) is 23.2. The lowest BCUT2D eigenvalue weighted by Crippen LogP contribution is -2.63. The first-order chi connectivity index (χ1) is 18.5. The van der Waals surface area contributed by atoms with Crippen molar-refractivity contribution < 1.29 is 33.4 Å². The molecular formula is C26H37N5O7. The summed E-state index contributed by atoms with van der Waals surface area (Å²) >= 11 is 0. The first-order valence-corrected chi connectivity index (χ1v) is 13.2. The maximum Gasteiger partial charge on any atom is 0.410 e. The summed E-state index contributed by atoms with van der Waals surface area (Å²) in [4.78, 5) is 57.1. The van der Waals surface area contributed by atoms with E-state index in [1.54, 1.807) is 4.90 Å². The molecule has 0 unspecified atom stereocenters. The van der Waals surface area contributed by atoms with Crippen LogP contribution in [-0.2, 0) is 35.2 Å². The number of rotatable bonds is 3. The summed E-state index contributed by atoms with van der Waals surface area (Å²) in [6, 6.07) is 8.33. The molecule has 3 saturated heterocycles. The highest BCUT2D eigenvalue weighted by molar-refractivity contribution is 5.91. The van der Waals surface area contributed by atoms with Gasteiger partial charge in [0.1, 0.15) is 25.8 Å². The van der Waals surface area contributed by atoms with Gasteiger partial charge in [0, 0.05) is 25.7 Å². The summed E-state index contributed by atoms with van der Waals surface area (Å²) in [5.41, 5.74) is 0.855. The van der Waals surface area contributed by atoms with Crippen LogP contribution in [0.15, 0.2) is 30.3 Å². The molecule has 0 saturated carbocycles. The Morgan fingerprint density at radius 2 is 1.68 bits per heavy atom. The standard InChI is InChI=1S/C26H37N5O7/c32-23-17-31(21-6-8-27-9-7-21)24(33)19-37-15-14-36-13-10-28-25(34)22-16-29(11-12-30(22)23)26(35)38-18-20-4-2-1-3-5-20/h1-5,21-22,27H,6-19H2,(H,28,34)/t22-/m0/s1. The zero-order chi connectivity index (χ0) is 26.7. The summed E-state index contributed by atoms with van der Waals surface area (Å²) in [5, 5.41) is 6.08. The zero-order valence-electron chi connectivity index (χ0n) is 21.6. The van der Waals surface area contributed by atoms with Crippen LogP contribution < -0.4 is 10.6 Å². The number of carbonyl (C=O) groups is 4. The van der Waals surface area contributed by atoms with Crippen molar-refractivity contribution in [2.75, 3.05) is 72.2 Å². The van der Waals surface area contributed by atoms with Crippen LogP contribution in [0.25, 0.3) is 0 Å². The number of amides is 4. The smallest absolute Gasteiger partial charge is 0.410 e. The van der Waals surface area contributed by atoms with Gasteiger partial charge < -0.3 is 39.5 Å². The van der Waals surface area contributed by atoms with Crippen LogP contribution in [0.1, 0.15) is 18.4 Å². The molecule has 12 heteroatoms. The molecule has 38 heavy (non-hydrogen) atoms. The Labute approximate surface area is 222 Å². The number of benzene rings is 1. The average Bonchev–Trinajstić information content (AvgIpc) is 2.96. The third-order valence-electron chi connectivity index (χ3n) is 6.99. The van der Waals surface area contributed by atoms with Gasteiger partial charge in [-0.15, -0.1) is 0 Å². The Morgan fingerprint density at radius 1 is 0.921 bits per heavy atom. The number of nitrogens with zero attached hydrogens (tertiary/aromatic N) is 3. The van der Waals surface area contributed by atoms with E-state index in [1.165, 1.54) is 9.80 Å². The van der Waals surface area contributed by atoms with Crippen molar-refractivity contribution in [3.05, 3.63) is 35.9 Å². The minimum Gasteiger partial charge on any atom is -0.445 e. The van der Waals surface area contributed by atoms with Crippen molar-refractivity contribution in [1.29, 1.82) is 0 Å². The highest BCUT2D eigenvalue weighted by atomic mass is 16.6. The lowest BCUT2D eigenvalue weighted by molar-refractivity contribution is -0.150. The van der Waals surface area contributed by atoms with Gasteiger partial charge in [0.2, 0.25) is 17.7 Å². The molecule has 3 fully saturated rings. The quantitative estimate of drug-likeness (QED) is 0.538. The molecule has 3 aliphatic rings. The van der Waals surface area contributed by atoms with Gasteiger partial charge in [-0.3, -0.25) is 14.4 Å². The van der Waals surface area contributed by atoms with Gasteiger partial charge in [0.15, 0.2) is 0 Å². The van der Waals surface area contributed by atoms with Crippen LogP contribution in [0.2, 0.25) is 0 Å². The van der Waals surface area contributed by atoms with Gasteiger partial charge in [-0.25, -0.2) is 4.79 Å². The largest absolute Gasteiger partial charge is 0.445 e. The molecule has 0 spiro atoms. The van der Waals surface area contributed by atoms with E-state index in [2.05, 4.69) is 10.6 Å². The highest BCUT2D eigenvalue weighted by Crippen LogP contribution is 2.17. The fraction of sp³-hybridized carbons (Fsp3) is 0.615. The van der Waals surface area contributed by atoms with Crippen LogP contribution >= 0.6 is 0 Å². The lowest BCUT2D eigenvalue weighted by Gasteiger charge is -2.41. The number of hydrogen-bond donors (Lipinski definition) is 2. The maximum absolute atomic E-state index is 13.6. The SMILES string of the molecule is O=C1NCCOCCOCC(=O)N(C2CCNCC2)CC(=O)N2CCN(C(=O)OCc3ccccc3)C[C@@H]12. The summed E-state index contributed by atoms with van der Waals surface area (Å²) in [6.07, 6.45) is 0.914. The Kier molecular flexibility index (Phi) is 10.3. The van der Waals surface area contributed by atoms with Crippen molar-refractivity contribution in [3.63, 3.8) is 0 Å². The Hall–Kier alpha value is -3.22. The van der Waals surface area contributed by atoms with E-state index in [9.17, 15) is 19.2 Å². The van der Waals surface area contributed by atoms with Crippen LogP contribution in [0.5, 0.6) is 0 Å². The monoisotopic (exact) mass is 531 g/mol. The third-order valence-corrected chi connectivity index (χ3v) is 6.99. The van der Waals surface area contributed by atoms with E-state index < -0.39 is 12.1 Å². The first-order valence-electron chi connectivity index (χ1n) is 13.2. The van der Waals surface area contributed by atoms with E-state index in [0.29, 0.717) is 0 Å². The molecular weight excluding hydrogens is 494 g/mol. The van der Waals surface area contributed by atoms with Gasteiger partial charge in [-0.1, -0.05) is 30.3 Å². The number of piperazine rings is 1. The molecule has 0 aromatic heterocycles. The minimum absolute atomic E-state index is 0.00351. The molecule has 2 N–H and O–H groups in total. The molecule has 4 rings (SSSR count). The highest BCUT2D eigenvalue weighted by Gasteiger charge is 2.39. The van der Waals surface area contributed by atoms with Crippen LogP contribution in [0.4, 0.5) is 4.79 Å². The van der Waals surface area contributed by atoms with Crippen LogP contribution in [0, 0.1) is 0 Å². The van der Waals surface area contributed by atoms with Gasteiger partial charge in [0.05, 0.1) is 26.4 Å². The number of fused-ring (bicyclic) bond motifs is 1. The van der Waals surface area contributed by atoms with Crippen molar-refractivity contribution in [2.24, 2.45) is 0 Å². The molecule has 0 radical (unpaired) electrons. The maximum atomic E-state index is 13.6. The summed E-state index contributed by atoms with van der Waals surface area (Å²) in [7, 11) is 0. The van der Waals surface area contributed by atoms with Gasteiger partial charge in [-0.05, 0) is 31.5 Å². The number of nitrogens with one attached hydrogen (secondary N) is 2. The number of ether oxygens (including phenoxy) is 3. The molecule has 1 aromatic rings. The van der Waals surface area contributed by atoms with E-state index in [-0.39, 0.29) is 89.5 Å². The molecule has 1 atom stereocenters. The van der Waals surface area contributed by atoms with Gasteiger partial charge in [0.25, 0.3) is 0 Å². The van der Waals surface area contributed by atoms with Gasteiger partial charge in [-0.2, -0.15) is 0 Å². The molecule has 0 bridgehead atoms. The van der Waals surface area contributed by atoms with Crippen LogP contribution in [-0.4, -0.2) is 123 Å². The molecule has 1 aromatic carbocycles. The van der Waals surface area contributed by atoms with Gasteiger partial charge >= 0.3 is 6.09 Å². The van der Waals surface area contributed by atoms with E-state index >= 15 is 0 Å². The molecule has 3 heterocycles. The first kappa shape index (κ1) is 27.8. The summed E-state index contributed by atoms with van der Waals surface area (Å²) in [6.45, 7) is 2.73. The Morgan fingerprint density at radius 3 is 2.47 bits per heavy atom. The topological polar surface area (TPSA) is 130 Å². The number of hydrogen-bond acceptors (Lipinski definition) is 8. The molecule has 0 aliphatic carbocycles. The summed E-state index contributed by atoms with van der Waals surface area (Å²) < 4.78 is 16.4. The number of piperidine rings is 1. The second kappa shape index (κ2) is 14.1. The molecule has 12 nitrogen and oxygen atoms in total. The van der Waals surface area contributed by atoms with E-state index in [0.717, 1.165) is 31.5 Å². The van der Waals surface area contributed by atoms with Crippen molar-refractivity contribution in [2.45, 2.75) is 31.5 Å².